The van der Waals surface area contributed by atoms with E-state index in [0.717, 1.165) is 13.0 Å². The first-order valence-electron chi connectivity index (χ1n) is 7.62. The number of nitrogens with zero attached hydrogens (tertiary/aromatic N) is 2. The van der Waals surface area contributed by atoms with Crippen molar-refractivity contribution in [1.29, 1.82) is 0 Å². The summed E-state index contributed by atoms with van der Waals surface area (Å²) in [7, 11) is 1.56. The lowest BCUT2D eigenvalue weighted by molar-refractivity contribution is 0.102. The number of methoxy groups -OCH3 is 1. The number of carbonyl (C=O) groups is 1. The van der Waals surface area contributed by atoms with Gasteiger partial charge in [-0.1, -0.05) is 26.0 Å². The van der Waals surface area contributed by atoms with Crippen molar-refractivity contribution in [3.8, 4) is 5.75 Å². The molecule has 0 fully saturated rings. The third-order valence-electron chi connectivity index (χ3n) is 3.28. The normalized spacial score (nSPS) is 10.4. The van der Waals surface area contributed by atoms with Crippen LogP contribution in [0.3, 0.4) is 0 Å². The highest BCUT2D eigenvalue weighted by Crippen LogP contribution is 2.23. The molecule has 0 aliphatic heterocycles. The molecule has 2 N–H and O–H groups in total. The molecule has 2 rings (SSSR count). The maximum absolute atomic E-state index is 12.2. The number of anilines is 2. The van der Waals surface area contributed by atoms with E-state index in [4.69, 9.17) is 4.74 Å². The Kier molecular flexibility index (Phi) is 5.91. The first kappa shape index (κ1) is 16.7. The van der Waals surface area contributed by atoms with Crippen LogP contribution in [-0.2, 0) is 0 Å². The molecule has 0 aliphatic rings. The molecule has 0 saturated heterocycles. The van der Waals surface area contributed by atoms with Gasteiger partial charge in [-0.05, 0) is 36.6 Å². The van der Waals surface area contributed by atoms with E-state index in [1.54, 1.807) is 31.4 Å². The second kappa shape index (κ2) is 8.12. The fourth-order valence-electron chi connectivity index (χ4n) is 1.97. The molecule has 1 aromatic heterocycles. The Bertz CT molecular complexity index is 641. The summed E-state index contributed by atoms with van der Waals surface area (Å²) in [6.07, 6.45) is 1.05. The van der Waals surface area contributed by atoms with Crippen molar-refractivity contribution in [2.75, 3.05) is 24.3 Å². The number of ether oxygens (including phenoxy) is 1. The fraction of sp³-hybridized carbons (Fsp3) is 0.353. The summed E-state index contributed by atoms with van der Waals surface area (Å²) < 4.78 is 5.20. The molecule has 0 spiro atoms. The van der Waals surface area contributed by atoms with Crippen LogP contribution in [-0.4, -0.2) is 29.8 Å². The number of hydrogen-bond donors (Lipinski definition) is 2. The molecule has 0 atom stereocenters. The van der Waals surface area contributed by atoms with Gasteiger partial charge < -0.3 is 15.4 Å². The van der Waals surface area contributed by atoms with Crippen LogP contribution < -0.4 is 15.4 Å². The smallest absolute Gasteiger partial charge is 0.276 e. The molecule has 1 heterocycles. The minimum absolute atomic E-state index is 0.255. The summed E-state index contributed by atoms with van der Waals surface area (Å²) in [6.45, 7) is 5.16. The number of carbonyl (C=O) groups excluding carboxylic acids is 1. The Balaban J connectivity index is 1.97. The number of nitrogens with one attached hydrogen (secondary N) is 2. The van der Waals surface area contributed by atoms with Crippen molar-refractivity contribution in [2.45, 2.75) is 20.3 Å². The van der Waals surface area contributed by atoms with E-state index < -0.39 is 0 Å². The van der Waals surface area contributed by atoms with E-state index in [0.29, 0.717) is 23.2 Å². The Hall–Kier alpha value is -2.63. The molecule has 122 valence electrons. The number of hydrogen-bond acceptors (Lipinski definition) is 5. The monoisotopic (exact) mass is 314 g/mol. The van der Waals surface area contributed by atoms with Gasteiger partial charge in [0.05, 0.1) is 12.8 Å². The summed E-state index contributed by atoms with van der Waals surface area (Å²) in [5.41, 5.74) is 0.853. The highest BCUT2D eigenvalue weighted by molar-refractivity contribution is 6.03. The average Bonchev–Trinajstić information content (AvgIpc) is 2.55. The number of para-hydroxylation sites is 2. The number of aromatic nitrogens is 2. The second-order valence-electron chi connectivity index (χ2n) is 5.57. The number of benzene rings is 1. The quantitative estimate of drug-likeness (QED) is 0.821. The molecular weight excluding hydrogens is 292 g/mol. The van der Waals surface area contributed by atoms with Gasteiger partial charge >= 0.3 is 0 Å². The van der Waals surface area contributed by atoms with Crippen molar-refractivity contribution in [1.82, 2.24) is 10.2 Å². The minimum Gasteiger partial charge on any atom is -0.495 e. The SMILES string of the molecule is COc1ccccc1NC(=O)c1ccc(NCCC(C)C)nn1. The van der Waals surface area contributed by atoms with Gasteiger partial charge in [0.15, 0.2) is 5.69 Å². The van der Waals surface area contributed by atoms with Crippen LogP contribution in [0.15, 0.2) is 36.4 Å². The van der Waals surface area contributed by atoms with Crippen LogP contribution >= 0.6 is 0 Å². The van der Waals surface area contributed by atoms with Gasteiger partial charge in [0, 0.05) is 6.54 Å². The predicted molar refractivity (Wildman–Crippen MR) is 90.9 cm³/mol. The molecule has 0 unspecified atom stereocenters. The van der Waals surface area contributed by atoms with Gasteiger partial charge in [-0.2, -0.15) is 0 Å². The molecule has 0 radical (unpaired) electrons. The molecule has 0 saturated carbocycles. The van der Waals surface area contributed by atoms with E-state index in [-0.39, 0.29) is 11.6 Å². The lowest BCUT2D eigenvalue weighted by Crippen LogP contribution is -2.15. The molecule has 6 nitrogen and oxygen atoms in total. The predicted octanol–water partition coefficient (Wildman–Crippen LogP) is 3.20. The standard InChI is InChI=1S/C17H22N4O2/c1-12(2)10-11-18-16-9-8-14(20-21-16)17(22)19-13-6-4-5-7-15(13)23-3/h4-9,12H,10-11H2,1-3H3,(H,18,21)(H,19,22). The van der Waals surface area contributed by atoms with Gasteiger partial charge in [0.2, 0.25) is 0 Å². The van der Waals surface area contributed by atoms with Crippen LogP contribution in [0.1, 0.15) is 30.8 Å². The maximum atomic E-state index is 12.2. The molecule has 1 aromatic carbocycles. The zero-order valence-corrected chi connectivity index (χ0v) is 13.7. The number of amides is 1. The second-order valence-corrected chi connectivity index (χ2v) is 5.57. The lowest BCUT2D eigenvalue weighted by Gasteiger charge is -2.10. The van der Waals surface area contributed by atoms with E-state index in [1.807, 2.05) is 12.1 Å². The first-order valence-corrected chi connectivity index (χ1v) is 7.62. The fourth-order valence-corrected chi connectivity index (χ4v) is 1.97. The van der Waals surface area contributed by atoms with Crippen molar-refractivity contribution in [3.05, 3.63) is 42.1 Å². The van der Waals surface area contributed by atoms with Crippen LogP contribution in [0.25, 0.3) is 0 Å². The van der Waals surface area contributed by atoms with Crippen LogP contribution in [0.4, 0.5) is 11.5 Å². The Morgan fingerprint density at radius 1 is 1.17 bits per heavy atom. The van der Waals surface area contributed by atoms with Gasteiger partial charge in [-0.25, -0.2) is 0 Å². The van der Waals surface area contributed by atoms with Crippen LogP contribution in [0.2, 0.25) is 0 Å². The zero-order valence-electron chi connectivity index (χ0n) is 13.7. The van der Waals surface area contributed by atoms with Crippen molar-refractivity contribution < 1.29 is 9.53 Å². The van der Waals surface area contributed by atoms with Gasteiger partial charge in [0.1, 0.15) is 11.6 Å². The largest absolute Gasteiger partial charge is 0.495 e. The molecule has 1 amide bonds. The summed E-state index contributed by atoms with van der Waals surface area (Å²) in [5, 5.41) is 13.9. The van der Waals surface area contributed by atoms with Crippen molar-refractivity contribution >= 4 is 17.4 Å². The van der Waals surface area contributed by atoms with E-state index in [1.165, 1.54) is 0 Å². The summed E-state index contributed by atoms with van der Waals surface area (Å²) >= 11 is 0. The highest BCUT2D eigenvalue weighted by Gasteiger charge is 2.11. The Morgan fingerprint density at radius 3 is 2.61 bits per heavy atom. The third kappa shape index (κ3) is 4.95. The van der Waals surface area contributed by atoms with Crippen molar-refractivity contribution in [2.24, 2.45) is 5.92 Å². The zero-order chi connectivity index (χ0) is 16.7. The van der Waals surface area contributed by atoms with E-state index in [2.05, 4.69) is 34.7 Å². The molecule has 6 heteroatoms. The van der Waals surface area contributed by atoms with E-state index >= 15 is 0 Å². The summed E-state index contributed by atoms with van der Waals surface area (Å²) in [4.78, 5) is 12.2. The summed E-state index contributed by atoms with van der Waals surface area (Å²) in [5.74, 6) is 1.57. The van der Waals surface area contributed by atoms with Gasteiger partial charge in [0.25, 0.3) is 5.91 Å². The highest BCUT2D eigenvalue weighted by atomic mass is 16.5. The third-order valence-corrected chi connectivity index (χ3v) is 3.28. The van der Waals surface area contributed by atoms with Gasteiger partial charge in [-0.3, -0.25) is 4.79 Å². The average molecular weight is 314 g/mol. The van der Waals surface area contributed by atoms with Crippen molar-refractivity contribution in [3.63, 3.8) is 0 Å². The minimum atomic E-state index is -0.323. The summed E-state index contributed by atoms with van der Waals surface area (Å²) in [6, 6.07) is 10.6. The molecule has 23 heavy (non-hydrogen) atoms. The van der Waals surface area contributed by atoms with Crippen LogP contribution in [0.5, 0.6) is 5.75 Å². The molecular formula is C17H22N4O2. The topological polar surface area (TPSA) is 76.1 Å². The van der Waals surface area contributed by atoms with E-state index in [9.17, 15) is 4.79 Å². The maximum Gasteiger partial charge on any atom is 0.276 e. The lowest BCUT2D eigenvalue weighted by atomic mass is 10.1. The Morgan fingerprint density at radius 2 is 1.96 bits per heavy atom. The van der Waals surface area contributed by atoms with Gasteiger partial charge in [-0.15, -0.1) is 10.2 Å². The first-order chi connectivity index (χ1) is 11.1. The van der Waals surface area contributed by atoms with Crippen LogP contribution in [0, 0.1) is 5.92 Å². The molecule has 0 bridgehead atoms. The molecule has 2 aromatic rings. The number of rotatable bonds is 7. The Labute approximate surface area is 136 Å². The molecule has 0 aliphatic carbocycles.